The standard InChI is InChI=1S/C14H23N5/c1-3-13-16-12(15)8-14(17-13)19-7-6-10-4-5-11(9-19)18(10)2/h8,10-11H,3-7,9H2,1-2H3,(H2,15,16,17). The first-order chi connectivity index (χ1) is 9.17. The number of anilines is 2. The van der Waals surface area contributed by atoms with Gasteiger partial charge in [-0.3, -0.25) is 4.90 Å². The van der Waals surface area contributed by atoms with E-state index < -0.39 is 0 Å². The van der Waals surface area contributed by atoms with Gasteiger partial charge >= 0.3 is 0 Å². The van der Waals surface area contributed by atoms with Crippen molar-refractivity contribution in [2.24, 2.45) is 0 Å². The molecule has 0 aliphatic carbocycles. The number of fused-ring (bicyclic) bond motifs is 2. The Kier molecular flexibility index (Phi) is 3.31. The highest BCUT2D eigenvalue weighted by Crippen LogP contribution is 2.30. The Bertz CT molecular complexity index is 461. The molecule has 2 bridgehead atoms. The molecular weight excluding hydrogens is 238 g/mol. The van der Waals surface area contributed by atoms with Crippen LogP contribution in [0.4, 0.5) is 11.6 Å². The van der Waals surface area contributed by atoms with Gasteiger partial charge in [0.15, 0.2) is 0 Å². The molecule has 2 N–H and O–H groups in total. The number of nitrogens with zero attached hydrogens (tertiary/aromatic N) is 4. The predicted molar refractivity (Wildman–Crippen MR) is 77.2 cm³/mol. The number of aryl methyl sites for hydroxylation is 1. The van der Waals surface area contributed by atoms with Crippen LogP contribution in [-0.2, 0) is 6.42 Å². The summed E-state index contributed by atoms with van der Waals surface area (Å²) in [6, 6.07) is 3.33. The van der Waals surface area contributed by atoms with Crippen molar-refractivity contribution < 1.29 is 0 Å². The smallest absolute Gasteiger partial charge is 0.134 e. The van der Waals surface area contributed by atoms with E-state index in [1.54, 1.807) is 0 Å². The number of hydrogen-bond donors (Lipinski definition) is 1. The van der Waals surface area contributed by atoms with Gasteiger partial charge < -0.3 is 10.6 Å². The summed E-state index contributed by atoms with van der Waals surface area (Å²) < 4.78 is 0. The highest BCUT2D eigenvalue weighted by atomic mass is 15.3. The third kappa shape index (κ3) is 2.39. The summed E-state index contributed by atoms with van der Waals surface area (Å²) in [7, 11) is 2.26. The molecule has 0 amide bonds. The molecule has 2 unspecified atom stereocenters. The lowest BCUT2D eigenvalue weighted by Crippen LogP contribution is -2.37. The summed E-state index contributed by atoms with van der Waals surface area (Å²) in [6.07, 6.45) is 4.70. The molecule has 2 aliphatic rings. The van der Waals surface area contributed by atoms with Crippen molar-refractivity contribution in [2.45, 2.75) is 44.7 Å². The average molecular weight is 261 g/mol. The molecule has 2 saturated heterocycles. The molecule has 1 aromatic rings. The maximum absolute atomic E-state index is 5.90. The van der Waals surface area contributed by atoms with Gasteiger partial charge in [0.25, 0.3) is 0 Å². The van der Waals surface area contributed by atoms with Gasteiger partial charge in [0.05, 0.1) is 0 Å². The molecule has 3 rings (SSSR count). The molecule has 2 aliphatic heterocycles. The first kappa shape index (κ1) is 12.7. The van der Waals surface area contributed by atoms with Gasteiger partial charge in [0.2, 0.25) is 0 Å². The summed E-state index contributed by atoms with van der Waals surface area (Å²) in [6.45, 7) is 4.20. The number of aromatic nitrogens is 2. The average Bonchev–Trinajstić information content (AvgIpc) is 2.62. The lowest BCUT2D eigenvalue weighted by molar-refractivity contribution is 0.254. The van der Waals surface area contributed by atoms with Crippen molar-refractivity contribution in [2.75, 3.05) is 30.8 Å². The minimum Gasteiger partial charge on any atom is -0.384 e. The van der Waals surface area contributed by atoms with Gasteiger partial charge in [-0.25, -0.2) is 9.97 Å². The minimum atomic E-state index is 0.588. The molecule has 104 valence electrons. The molecule has 5 heteroatoms. The van der Waals surface area contributed by atoms with E-state index in [4.69, 9.17) is 5.73 Å². The maximum atomic E-state index is 5.90. The van der Waals surface area contributed by atoms with Crippen molar-refractivity contribution in [3.63, 3.8) is 0 Å². The highest BCUT2D eigenvalue weighted by Gasteiger charge is 2.35. The van der Waals surface area contributed by atoms with Gasteiger partial charge in [0, 0.05) is 37.7 Å². The number of likely N-dealkylation sites (N-methyl/N-ethyl adjacent to an activating group) is 1. The van der Waals surface area contributed by atoms with E-state index in [0.717, 1.165) is 37.2 Å². The van der Waals surface area contributed by atoms with Crippen LogP contribution in [0.2, 0.25) is 0 Å². The molecule has 2 fully saturated rings. The molecule has 2 atom stereocenters. The lowest BCUT2D eigenvalue weighted by atomic mass is 10.1. The summed E-state index contributed by atoms with van der Waals surface area (Å²) in [5.74, 6) is 2.44. The third-order valence-corrected chi connectivity index (χ3v) is 4.57. The Morgan fingerprint density at radius 1 is 1.26 bits per heavy atom. The molecule has 5 nitrogen and oxygen atoms in total. The Balaban J connectivity index is 1.84. The topological polar surface area (TPSA) is 58.3 Å². The number of rotatable bonds is 2. The second kappa shape index (κ2) is 4.96. The second-order valence-corrected chi connectivity index (χ2v) is 5.71. The fourth-order valence-corrected chi connectivity index (χ4v) is 3.34. The van der Waals surface area contributed by atoms with Crippen LogP contribution in [0.1, 0.15) is 32.0 Å². The van der Waals surface area contributed by atoms with E-state index in [9.17, 15) is 0 Å². The van der Waals surface area contributed by atoms with E-state index in [1.807, 2.05) is 6.07 Å². The van der Waals surface area contributed by atoms with E-state index in [0.29, 0.717) is 11.9 Å². The summed E-state index contributed by atoms with van der Waals surface area (Å²) in [4.78, 5) is 13.8. The van der Waals surface area contributed by atoms with Crippen LogP contribution in [0.3, 0.4) is 0 Å². The molecule has 0 radical (unpaired) electrons. The van der Waals surface area contributed by atoms with Crippen LogP contribution in [0, 0.1) is 0 Å². The van der Waals surface area contributed by atoms with Crippen molar-refractivity contribution >= 4 is 11.6 Å². The number of nitrogens with two attached hydrogens (primary N) is 1. The lowest BCUT2D eigenvalue weighted by Gasteiger charge is -2.27. The Hall–Kier alpha value is -1.36. The van der Waals surface area contributed by atoms with E-state index >= 15 is 0 Å². The van der Waals surface area contributed by atoms with Crippen molar-refractivity contribution in [1.82, 2.24) is 14.9 Å². The summed E-state index contributed by atoms with van der Waals surface area (Å²) in [5, 5.41) is 0. The Labute approximate surface area is 114 Å². The van der Waals surface area contributed by atoms with Crippen LogP contribution < -0.4 is 10.6 Å². The molecule has 0 spiro atoms. The fraction of sp³-hybridized carbons (Fsp3) is 0.714. The Morgan fingerprint density at radius 3 is 2.84 bits per heavy atom. The minimum absolute atomic E-state index is 0.588. The van der Waals surface area contributed by atoms with Crippen LogP contribution >= 0.6 is 0 Å². The van der Waals surface area contributed by atoms with E-state index in [1.165, 1.54) is 19.3 Å². The molecule has 0 aromatic carbocycles. The number of hydrogen-bond acceptors (Lipinski definition) is 5. The van der Waals surface area contributed by atoms with Crippen molar-refractivity contribution in [3.05, 3.63) is 11.9 Å². The van der Waals surface area contributed by atoms with Gasteiger partial charge in [-0.05, 0) is 26.3 Å². The zero-order valence-corrected chi connectivity index (χ0v) is 11.8. The summed E-state index contributed by atoms with van der Waals surface area (Å²) >= 11 is 0. The highest BCUT2D eigenvalue weighted by molar-refractivity contribution is 5.47. The van der Waals surface area contributed by atoms with Crippen LogP contribution in [0.25, 0.3) is 0 Å². The molecule has 1 aromatic heterocycles. The monoisotopic (exact) mass is 261 g/mol. The zero-order chi connectivity index (χ0) is 13.4. The first-order valence-corrected chi connectivity index (χ1v) is 7.27. The predicted octanol–water partition coefficient (Wildman–Crippen LogP) is 1.29. The third-order valence-electron chi connectivity index (χ3n) is 4.57. The van der Waals surface area contributed by atoms with Crippen LogP contribution in [-0.4, -0.2) is 47.1 Å². The molecular formula is C14H23N5. The molecule has 3 heterocycles. The zero-order valence-electron chi connectivity index (χ0n) is 11.8. The fourth-order valence-electron chi connectivity index (χ4n) is 3.34. The maximum Gasteiger partial charge on any atom is 0.134 e. The van der Waals surface area contributed by atoms with E-state index in [2.05, 4.69) is 33.7 Å². The Morgan fingerprint density at radius 2 is 2.05 bits per heavy atom. The first-order valence-electron chi connectivity index (χ1n) is 7.27. The van der Waals surface area contributed by atoms with E-state index in [-0.39, 0.29) is 0 Å². The quantitative estimate of drug-likeness (QED) is 0.869. The second-order valence-electron chi connectivity index (χ2n) is 5.71. The van der Waals surface area contributed by atoms with Crippen LogP contribution in [0.15, 0.2) is 6.07 Å². The largest absolute Gasteiger partial charge is 0.384 e. The number of nitrogen functional groups attached to an aromatic ring is 1. The van der Waals surface area contributed by atoms with Gasteiger partial charge in [-0.15, -0.1) is 0 Å². The van der Waals surface area contributed by atoms with Gasteiger partial charge in [0.1, 0.15) is 17.5 Å². The van der Waals surface area contributed by atoms with Gasteiger partial charge in [-0.2, -0.15) is 0 Å². The summed E-state index contributed by atoms with van der Waals surface area (Å²) in [5.41, 5.74) is 5.90. The normalized spacial score (nSPS) is 27.6. The molecule has 0 saturated carbocycles. The molecule has 19 heavy (non-hydrogen) atoms. The van der Waals surface area contributed by atoms with Gasteiger partial charge in [-0.1, -0.05) is 6.92 Å². The SMILES string of the molecule is CCc1nc(N)cc(N2CCC3CCC(C2)N3C)n1. The van der Waals surface area contributed by atoms with Crippen molar-refractivity contribution in [1.29, 1.82) is 0 Å². The van der Waals surface area contributed by atoms with Crippen molar-refractivity contribution in [3.8, 4) is 0 Å². The van der Waals surface area contributed by atoms with Crippen LogP contribution in [0.5, 0.6) is 0 Å².